The molecule has 0 aromatic carbocycles. The first-order valence-electron chi connectivity index (χ1n) is 4.06. The fourth-order valence-corrected chi connectivity index (χ4v) is 3.54. The standard InChI is InChI=1S/C8H12Cl2O/c1-7-4-2-3-5(11)6(7)8(7,9)10/h5-6,11H,2-4H2,1H3/t5-,6-,7+/m0/s1. The van der Waals surface area contributed by atoms with Crippen LogP contribution in [0, 0.1) is 11.3 Å². The normalized spacial score (nSPS) is 53.5. The number of rotatable bonds is 0. The van der Waals surface area contributed by atoms with Crippen LogP contribution in [0.15, 0.2) is 0 Å². The highest BCUT2D eigenvalue weighted by Crippen LogP contribution is 2.74. The van der Waals surface area contributed by atoms with Crippen LogP contribution in [0.5, 0.6) is 0 Å². The lowest BCUT2D eigenvalue weighted by atomic mass is 9.88. The number of hydrogen-bond donors (Lipinski definition) is 1. The van der Waals surface area contributed by atoms with Crippen molar-refractivity contribution in [3.8, 4) is 0 Å². The van der Waals surface area contributed by atoms with Gasteiger partial charge in [0.15, 0.2) is 0 Å². The Balaban J connectivity index is 2.23. The Bertz CT molecular complexity index is 193. The Morgan fingerprint density at radius 1 is 1.45 bits per heavy atom. The zero-order valence-electron chi connectivity index (χ0n) is 6.48. The lowest BCUT2D eigenvalue weighted by molar-refractivity contribution is 0.0975. The molecule has 3 heteroatoms. The van der Waals surface area contributed by atoms with Crippen molar-refractivity contribution in [1.82, 2.24) is 0 Å². The van der Waals surface area contributed by atoms with Crippen LogP contribution in [0.3, 0.4) is 0 Å². The zero-order valence-corrected chi connectivity index (χ0v) is 7.99. The number of halogens is 2. The van der Waals surface area contributed by atoms with E-state index in [-0.39, 0.29) is 17.4 Å². The van der Waals surface area contributed by atoms with E-state index in [9.17, 15) is 5.11 Å². The Labute approximate surface area is 76.7 Å². The van der Waals surface area contributed by atoms with Gasteiger partial charge < -0.3 is 5.11 Å². The molecule has 0 heterocycles. The molecule has 0 bridgehead atoms. The number of fused-ring (bicyclic) bond motifs is 1. The van der Waals surface area contributed by atoms with Gasteiger partial charge in [0, 0.05) is 11.3 Å². The van der Waals surface area contributed by atoms with Gasteiger partial charge in [-0.25, -0.2) is 0 Å². The fraction of sp³-hybridized carbons (Fsp3) is 1.00. The first-order valence-corrected chi connectivity index (χ1v) is 4.81. The van der Waals surface area contributed by atoms with Crippen LogP contribution in [0.4, 0.5) is 0 Å². The second-order valence-electron chi connectivity index (χ2n) is 3.98. The maximum Gasteiger partial charge on any atom is 0.130 e. The summed E-state index contributed by atoms with van der Waals surface area (Å²) < 4.78 is -0.650. The maximum absolute atomic E-state index is 9.55. The van der Waals surface area contributed by atoms with Gasteiger partial charge in [0.2, 0.25) is 0 Å². The van der Waals surface area contributed by atoms with Crippen molar-refractivity contribution in [3.63, 3.8) is 0 Å². The molecule has 0 unspecified atom stereocenters. The van der Waals surface area contributed by atoms with Crippen LogP contribution in [0.25, 0.3) is 0 Å². The predicted molar refractivity (Wildman–Crippen MR) is 45.9 cm³/mol. The smallest absolute Gasteiger partial charge is 0.130 e. The van der Waals surface area contributed by atoms with Gasteiger partial charge in [-0.1, -0.05) is 13.3 Å². The minimum atomic E-state index is -0.650. The largest absolute Gasteiger partial charge is 0.393 e. The topological polar surface area (TPSA) is 20.2 Å². The van der Waals surface area contributed by atoms with Crippen molar-refractivity contribution in [2.24, 2.45) is 11.3 Å². The van der Waals surface area contributed by atoms with Gasteiger partial charge in [0.1, 0.15) is 4.33 Å². The average Bonchev–Trinajstić information content (AvgIpc) is 2.29. The summed E-state index contributed by atoms with van der Waals surface area (Å²) >= 11 is 12.1. The summed E-state index contributed by atoms with van der Waals surface area (Å²) in [6, 6.07) is 0. The van der Waals surface area contributed by atoms with Crippen LogP contribution in [-0.4, -0.2) is 15.5 Å². The van der Waals surface area contributed by atoms with E-state index in [1.807, 2.05) is 0 Å². The van der Waals surface area contributed by atoms with E-state index in [0.717, 1.165) is 19.3 Å². The van der Waals surface area contributed by atoms with E-state index in [1.165, 1.54) is 0 Å². The summed E-state index contributed by atoms with van der Waals surface area (Å²) in [6.45, 7) is 2.07. The lowest BCUT2D eigenvalue weighted by Gasteiger charge is -2.20. The van der Waals surface area contributed by atoms with E-state index in [0.29, 0.717) is 0 Å². The first kappa shape index (κ1) is 8.15. The van der Waals surface area contributed by atoms with Gasteiger partial charge in [-0.3, -0.25) is 0 Å². The second kappa shape index (κ2) is 2.07. The minimum absolute atomic E-state index is 0.00617. The highest BCUT2D eigenvalue weighted by molar-refractivity contribution is 6.52. The molecule has 0 spiro atoms. The molecule has 0 amide bonds. The van der Waals surface area contributed by atoms with E-state index < -0.39 is 4.33 Å². The monoisotopic (exact) mass is 194 g/mol. The highest BCUT2D eigenvalue weighted by atomic mass is 35.5. The summed E-state index contributed by atoms with van der Waals surface area (Å²) in [5.74, 6) is 0.118. The Morgan fingerprint density at radius 2 is 2.09 bits per heavy atom. The minimum Gasteiger partial charge on any atom is -0.393 e. The fourth-order valence-electron chi connectivity index (χ4n) is 2.45. The van der Waals surface area contributed by atoms with Gasteiger partial charge in [-0.2, -0.15) is 0 Å². The third kappa shape index (κ3) is 0.824. The molecule has 11 heavy (non-hydrogen) atoms. The molecule has 1 N–H and O–H groups in total. The molecular weight excluding hydrogens is 183 g/mol. The van der Waals surface area contributed by atoms with Crippen molar-refractivity contribution in [1.29, 1.82) is 0 Å². The molecule has 0 aliphatic heterocycles. The van der Waals surface area contributed by atoms with Crippen LogP contribution in [0.2, 0.25) is 0 Å². The average molecular weight is 195 g/mol. The molecule has 0 radical (unpaired) electrons. The Hall–Kier alpha value is 0.540. The number of aliphatic hydroxyl groups is 1. The molecule has 2 rings (SSSR count). The molecule has 3 atom stereocenters. The lowest BCUT2D eigenvalue weighted by Crippen LogP contribution is -2.19. The highest BCUT2D eigenvalue weighted by Gasteiger charge is 2.75. The maximum atomic E-state index is 9.55. The third-order valence-electron chi connectivity index (χ3n) is 3.34. The quantitative estimate of drug-likeness (QED) is 0.588. The van der Waals surface area contributed by atoms with E-state index in [4.69, 9.17) is 23.2 Å². The molecule has 2 aliphatic carbocycles. The van der Waals surface area contributed by atoms with Gasteiger partial charge in [-0.05, 0) is 12.8 Å². The molecule has 0 saturated heterocycles. The van der Waals surface area contributed by atoms with Gasteiger partial charge in [0.25, 0.3) is 0 Å². The van der Waals surface area contributed by atoms with E-state index in [1.54, 1.807) is 0 Å². The van der Waals surface area contributed by atoms with Crippen LogP contribution in [-0.2, 0) is 0 Å². The first-order chi connectivity index (χ1) is 5.00. The van der Waals surface area contributed by atoms with Crippen LogP contribution >= 0.6 is 23.2 Å². The molecule has 2 aliphatic rings. The van der Waals surface area contributed by atoms with Crippen molar-refractivity contribution in [3.05, 3.63) is 0 Å². The number of alkyl halides is 2. The third-order valence-corrected chi connectivity index (χ3v) is 4.67. The van der Waals surface area contributed by atoms with Crippen molar-refractivity contribution >= 4 is 23.2 Å². The second-order valence-corrected chi connectivity index (χ2v) is 5.36. The number of aliphatic hydroxyl groups excluding tert-OH is 1. The molecule has 1 nitrogen and oxygen atoms in total. The van der Waals surface area contributed by atoms with Crippen LogP contribution in [0.1, 0.15) is 26.2 Å². The summed E-state index contributed by atoms with van der Waals surface area (Å²) in [5, 5.41) is 9.55. The van der Waals surface area contributed by atoms with Crippen molar-refractivity contribution in [2.45, 2.75) is 36.6 Å². The van der Waals surface area contributed by atoms with Crippen molar-refractivity contribution in [2.75, 3.05) is 0 Å². The summed E-state index contributed by atoms with van der Waals surface area (Å²) in [6.07, 6.45) is 2.70. The molecule has 0 aromatic rings. The predicted octanol–water partition coefficient (Wildman–Crippen LogP) is 2.34. The number of hydrogen-bond acceptors (Lipinski definition) is 1. The van der Waals surface area contributed by atoms with Gasteiger partial charge in [-0.15, -0.1) is 23.2 Å². The molecule has 2 saturated carbocycles. The SMILES string of the molecule is C[C@@]12CCC[C@H](O)[C@@H]1C2(Cl)Cl. The van der Waals surface area contributed by atoms with Gasteiger partial charge in [0.05, 0.1) is 6.10 Å². The summed E-state index contributed by atoms with van der Waals surface area (Å²) in [5.41, 5.74) is -0.00617. The van der Waals surface area contributed by atoms with Crippen molar-refractivity contribution < 1.29 is 5.11 Å². The Morgan fingerprint density at radius 3 is 2.55 bits per heavy atom. The molecule has 2 fully saturated rings. The summed E-state index contributed by atoms with van der Waals surface area (Å²) in [7, 11) is 0. The Kier molecular flexibility index (Phi) is 1.53. The molecular formula is C8H12Cl2O. The molecule has 0 aromatic heterocycles. The van der Waals surface area contributed by atoms with Crippen LogP contribution < -0.4 is 0 Å². The molecule has 64 valence electrons. The zero-order chi connectivity index (χ0) is 8.28. The summed E-state index contributed by atoms with van der Waals surface area (Å²) in [4.78, 5) is 0. The van der Waals surface area contributed by atoms with E-state index in [2.05, 4.69) is 6.92 Å². The van der Waals surface area contributed by atoms with Gasteiger partial charge >= 0.3 is 0 Å². The van der Waals surface area contributed by atoms with E-state index >= 15 is 0 Å².